The number of hydrogen-bond donors (Lipinski definition) is 1. The van der Waals surface area contributed by atoms with Crippen molar-refractivity contribution in [2.75, 3.05) is 13.1 Å². The van der Waals surface area contributed by atoms with Crippen LogP contribution in [0.15, 0.2) is 0 Å². The Balaban J connectivity index is 1.83. The van der Waals surface area contributed by atoms with Crippen LogP contribution in [0.25, 0.3) is 0 Å². The molecule has 0 amide bonds. The van der Waals surface area contributed by atoms with E-state index >= 15 is 0 Å². The van der Waals surface area contributed by atoms with Crippen molar-refractivity contribution < 1.29 is 0 Å². The topological polar surface area (TPSA) is 50.7 Å². The summed E-state index contributed by atoms with van der Waals surface area (Å²) in [6, 6.07) is 0. The molecule has 0 saturated carbocycles. The highest BCUT2D eigenvalue weighted by Crippen LogP contribution is 2.23. The number of nitrogens with one attached hydrogen (secondary N) is 1. The summed E-state index contributed by atoms with van der Waals surface area (Å²) in [7, 11) is 0. The van der Waals surface area contributed by atoms with Gasteiger partial charge in [0.1, 0.15) is 0 Å². The molecule has 0 bridgehead atoms. The maximum Gasteiger partial charge on any atom is 0.154 e. The minimum atomic E-state index is 0.525. The zero-order chi connectivity index (χ0) is 11.5. The first-order valence-electron chi connectivity index (χ1n) is 6.86. The highest BCUT2D eigenvalue weighted by Gasteiger charge is 2.20. The standard InChI is InChI=1S/C13H20N4/c1-2-4-11-12(5-3-1)16-17-13(15-11)10-6-8-14-9-7-10/h10,14H,1-9H2. The lowest BCUT2D eigenvalue weighted by Crippen LogP contribution is -2.28. The molecule has 1 aliphatic heterocycles. The monoisotopic (exact) mass is 232 g/mol. The third-order valence-corrected chi connectivity index (χ3v) is 3.89. The van der Waals surface area contributed by atoms with Gasteiger partial charge in [-0.3, -0.25) is 0 Å². The van der Waals surface area contributed by atoms with Crippen LogP contribution in [0.4, 0.5) is 0 Å². The predicted octanol–water partition coefficient (Wildman–Crippen LogP) is 1.61. The number of rotatable bonds is 1. The molecule has 4 heteroatoms. The van der Waals surface area contributed by atoms with Crippen LogP contribution in [0.2, 0.25) is 0 Å². The van der Waals surface area contributed by atoms with Gasteiger partial charge in [0.15, 0.2) is 5.82 Å². The van der Waals surface area contributed by atoms with Crippen molar-refractivity contribution in [2.24, 2.45) is 0 Å². The molecular weight excluding hydrogens is 212 g/mol. The van der Waals surface area contributed by atoms with Crippen LogP contribution < -0.4 is 5.32 Å². The average molecular weight is 232 g/mol. The number of piperidine rings is 1. The van der Waals surface area contributed by atoms with E-state index in [0.29, 0.717) is 5.92 Å². The molecular formula is C13H20N4. The van der Waals surface area contributed by atoms with Crippen molar-refractivity contribution in [3.05, 3.63) is 17.2 Å². The van der Waals surface area contributed by atoms with Crippen LogP contribution in [0, 0.1) is 0 Å². The lowest BCUT2D eigenvalue weighted by atomic mass is 9.97. The van der Waals surface area contributed by atoms with Gasteiger partial charge in [-0.1, -0.05) is 6.42 Å². The Kier molecular flexibility index (Phi) is 3.31. The molecule has 17 heavy (non-hydrogen) atoms. The molecule has 92 valence electrons. The van der Waals surface area contributed by atoms with Crippen LogP contribution in [-0.2, 0) is 12.8 Å². The maximum atomic E-state index is 4.80. The Morgan fingerprint density at radius 3 is 2.47 bits per heavy atom. The molecule has 1 aromatic heterocycles. The number of fused-ring (bicyclic) bond motifs is 1. The van der Waals surface area contributed by atoms with E-state index in [-0.39, 0.29) is 0 Å². The lowest BCUT2D eigenvalue weighted by Gasteiger charge is -2.21. The quantitative estimate of drug-likeness (QED) is 0.747. The molecule has 1 saturated heterocycles. The molecule has 0 aromatic carbocycles. The number of nitrogens with zero attached hydrogens (tertiary/aromatic N) is 3. The molecule has 1 aromatic rings. The predicted molar refractivity (Wildman–Crippen MR) is 65.9 cm³/mol. The first kappa shape index (κ1) is 11.1. The van der Waals surface area contributed by atoms with E-state index < -0.39 is 0 Å². The van der Waals surface area contributed by atoms with E-state index in [2.05, 4.69) is 15.5 Å². The maximum absolute atomic E-state index is 4.80. The van der Waals surface area contributed by atoms with Crippen LogP contribution >= 0.6 is 0 Å². The molecule has 0 atom stereocenters. The molecule has 1 N–H and O–H groups in total. The normalized spacial score (nSPS) is 21.9. The fraction of sp³-hybridized carbons (Fsp3) is 0.769. The Morgan fingerprint density at radius 1 is 0.882 bits per heavy atom. The lowest BCUT2D eigenvalue weighted by molar-refractivity contribution is 0.439. The Bertz CT molecular complexity index is 385. The van der Waals surface area contributed by atoms with Crippen molar-refractivity contribution in [3.8, 4) is 0 Å². The molecule has 4 nitrogen and oxygen atoms in total. The SMILES string of the molecule is C1CCc2nnc(C3CCNCC3)nc2CC1. The molecule has 1 fully saturated rings. The minimum Gasteiger partial charge on any atom is -0.317 e. The first-order chi connectivity index (χ1) is 8.43. The molecule has 2 heterocycles. The highest BCUT2D eigenvalue weighted by molar-refractivity contribution is 5.14. The Hall–Kier alpha value is -1.03. The van der Waals surface area contributed by atoms with Gasteiger partial charge in [0.05, 0.1) is 11.4 Å². The summed E-state index contributed by atoms with van der Waals surface area (Å²) in [5, 5.41) is 12.2. The first-order valence-corrected chi connectivity index (χ1v) is 6.86. The van der Waals surface area contributed by atoms with Crippen molar-refractivity contribution in [1.82, 2.24) is 20.5 Å². The average Bonchev–Trinajstić information content (AvgIpc) is 2.64. The molecule has 0 spiro atoms. The van der Waals surface area contributed by atoms with Gasteiger partial charge in [0.25, 0.3) is 0 Å². The summed E-state index contributed by atoms with van der Waals surface area (Å²) in [4.78, 5) is 4.80. The molecule has 1 aliphatic carbocycles. The Labute approximate surface area is 102 Å². The number of hydrogen-bond acceptors (Lipinski definition) is 4. The Morgan fingerprint density at radius 2 is 1.65 bits per heavy atom. The van der Waals surface area contributed by atoms with Gasteiger partial charge in [-0.05, 0) is 51.6 Å². The van der Waals surface area contributed by atoms with E-state index in [1.165, 1.54) is 25.0 Å². The summed E-state index contributed by atoms with van der Waals surface area (Å²) in [5.74, 6) is 1.52. The van der Waals surface area contributed by atoms with Crippen LogP contribution in [0.5, 0.6) is 0 Å². The van der Waals surface area contributed by atoms with Gasteiger partial charge >= 0.3 is 0 Å². The summed E-state index contributed by atoms with van der Waals surface area (Å²) in [5.41, 5.74) is 2.38. The highest BCUT2D eigenvalue weighted by atomic mass is 15.2. The number of aryl methyl sites for hydroxylation is 2. The molecule has 0 radical (unpaired) electrons. The van der Waals surface area contributed by atoms with Gasteiger partial charge in [0, 0.05) is 5.92 Å². The summed E-state index contributed by atoms with van der Waals surface area (Å²) < 4.78 is 0. The van der Waals surface area contributed by atoms with E-state index in [9.17, 15) is 0 Å². The van der Waals surface area contributed by atoms with Crippen molar-refractivity contribution in [3.63, 3.8) is 0 Å². The van der Waals surface area contributed by atoms with Crippen LogP contribution in [0.1, 0.15) is 55.2 Å². The fourth-order valence-corrected chi connectivity index (χ4v) is 2.80. The van der Waals surface area contributed by atoms with E-state index in [4.69, 9.17) is 4.98 Å². The summed E-state index contributed by atoms with van der Waals surface area (Å²) >= 11 is 0. The zero-order valence-corrected chi connectivity index (χ0v) is 10.3. The van der Waals surface area contributed by atoms with E-state index in [0.717, 1.165) is 50.3 Å². The van der Waals surface area contributed by atoms with Gasteiger partial charge < -0.3 is 5.32 Å². The van der Waals surface area contributed by atoms with Crippen molar-refractivity contribution in [2.45, 2.75) is 50.9 Å². The zero-order valence-electron chi connectivity index (χ0n) is 10.3. The second-order valence-corrected chi connectivity index (χ2v) is 5.15. The fourth-order valence-electron chi connectivity index (χ4n) is 2.80. The number of aromatic nitrogens is 3. The van der Waals surface area contributed by atoms with Gasteiger partial charge in [-0.25, -0.2) is 4.98 Å². The van der Waals surface area contributed by atoms with E-state index in [1.807, 2.05) is 0 Å². The molecule has 0 unspecified atom stereocenters. The minimum absolute atomic E-state index is 0.525. The molecule has 2 aliphatic rings. The summed E-state index contributed by atoms with van der Waals surface area (Å²) in [6.07, 6.45) is 8.29. The van der Waals surface area contributed by atoms with Gasteiger partial charge in [0.2, 0.25) is 0 Å². The van der Waals surface area contributed by atoms with Crippen LogP contribution in [0.3, 0.4) is 0 Å². The van der Waals surface area contributed by atoms with E-state index in [1.54, 1.807) is 0 Å². The van der Waals surface area contributed by atoms with Gasteiger partial charge in [-0.2, -0.15) is 5.10 Å². The molecule has 3 rings (SSSR count). The summed E-state index contributed by atoms with van der Waals surface area (Å²) in [6.45, 7) is 2.18. The second kappa shape index (κ2) is 5.08. The third kappa shape index (κ3) is 2.46. The van der Waals surface area contributed by atoms with Gasteiger partial charge in [-0.15, -0.1) is 5.10 Å². The third-order valence-electron chi connectivity index (χ3n) is 3.89. The largest absolute Gasteiger partial charge is 0.317 e. The second-order valence-electron chi connectivity index (χ2n) is 5.15. The van der Waals surface area contributed by atoms with Crippen LogP contribution in [-0.4, -0.2) is 28.3 Å². The van der Waals surface area contributed by atoms with Crippen molar-refractivity contribution in [1.29, 1.82) is 0 Å². The smallest absolute Gasteiger partial charge is 0.154 e. The van der Waals surface area contributed by atoms with Crippen molar-refractivity contribution >= 4 is 0 Å².